The predicted molar refractivity (Wildman–Crippen MR) is 613 cm³/mol. The summed E-state index contributed by atoms with van der Waals surface area (Å²) in [6.45, 7) is 28.8. The lowest BCUT2D eigenvalue weighted by molar-refractivity contribution is 0.0876. The Bertz CT molecular complexity index is 5140. The Labute approximate surface area is 948 Å². The molecular formula is C100H120Cl4I8N12O16. The van der Waals surface area contributed by atoms with Crippen molar-refractivity contribution in [1.82, 2.24) is 60.0 Å². The van der Waals surface area contributed by atoms with E-state index in [1.165, 1.54) is 22.3 Å². The van der Waals surface area contributed by atoms with Gasteiger partial charge in [0, 0.05) is 68.9 Å². The van der Waals surface area contributed by atoms with Gasteiger partial charge in [-0.2, -0.15) is 0 Å². The number of aliphatic hydroxyl groups is 8. The minimum atomic E-state index is -0.767. The van der Waals surface area contributed by atoms with Crippen molar-refractivity contribution in [3.05, 3.63) is 266 Å². The second-order valence-electron chi connectivity index (χ2n) is 36.0. The first-order valence-electron chi connectivity index (χ1n) is 45.0. The number of rotatable bonds is 48. The number of halogens is 12. The molecule has 140 heavy (non-hydrogen) atoms. The van der Waals surface area contributed by atoms with Crippen molar-refractivity contribution in [3.63, 3.8) is 0 Å². The molecule has 40 heteroatoms. The molecule has 0 aliphatic carbocycles. The third kappa shape index (κ3) is 34.8. The van der Waals surface area contributed by atoms with Crippen LogP contribution in [-0.4, -0.2) is 202 Å². The summed E-state index contributed by atoms with van der Waals surface area (Å²) in [6, 6.07) is 57.3. The van der Waals surface area contributed by atoms with E-state index in [0.717, 1.165) is 59.5 Å². The molecule has 0 aliphatic heterocycles. The molecule has 0 saturated carbocycles. The fourth-order valence-corrected chi connectivity index (χ4v) is 19.0. The van der Waals surface area contributed by atoms with E-state index >= 15 is 0 Å². The van der Waals surface area contributed by atoms with Crippen LogP contribution in [0.4, 0.5) is 0 Å². The number of aliphatic hydroxyl groups excluding tert-OH is 8. The highest BCUT2D eigenvalue weighted by molar-refractivity contribution is 14.1. The number of alkyl halides is 4. The predicted octanol–water partition coefficient (Wildman–Crippen LogP) is 20.0. The van der Waals surface area contributed by atoms with Gasteiger partial charge in [0.1, 0.15) is 134 Å². The first-order chi connectivity index (χ1) is 66.6. The molecule has 0 spiro atoms. The second kappa shape index (κ2) is 57.8. The maximum absolute atomic E-state index is 10.4. The van der Waals surface area contributed by atoms with Crippen molar-refractivity contribution >= 4 is 227 Å². The Morgan fingerprint density at radius 1 is 0.279 bits per heavy atom. The summed E-state index contributed by atoms with van der Waals surface area (Å²) >= 11 is 40.7. The van der Waals surface area contributed by atoms with E-state index in [0.29, 0.717) is 134 Å². The average Bonchev–Trinajstić information content (AvgIpc) is 1.02. The number of ether oxygens (including phenoxy) is 8. The average molecular weight is 2890 g/mol. The highest BCUT2D eigenvalue weighted by Crippen LogP contribution is 2.41. The summed E-state index contributed by atoms with van der Waals surface area (Å²) in [5, 5.41) is 110. The lowest BCUT2D eigenvalue weighted by atomic mass is 9.78. The molecule has 12 rings (SSSR count). The van der Waals surface area contributed by atoms with Gasteiger partial charge in [-0.15, -0.1) is 66.8 Å². The molecule has 8 aromatic carbocycles. The largest absolute Gasteiger partial charge is 0.493 e. The standard InChI is InChI=1S/4C25H30ClI2N3O4/c4*1-16(11-26)14-34-20-7-4-17(5-8-20)25(2,3)18-6-9-23(21(27)10-18)35-15-19(33)12-31-24(28)22(13-32)29-30-31/h4*4-10,16,19,32-33H,11-15H2,1-3H3/t2*16-,19+;2*16-,19-/m1010/s1/i4*28-4. The SMILES string of the molecule is C[C@@H](CCl)COc1ccc(C(C)(C)c2ccc(OC[C@@H](O)Cn3nnc(CO)c3[123I])c(I)c2)cc1.C[C@@H](CCl)COc1ccc(C(C)(C)c2ccc(OC[C@H](O)Cn3nnc(CO)c3[123I])c(I)c2)cc1.C[C@H](CCl)COc1ccc(C(C)(C)c2ccc(OC[C@@H](O)Cn3nnc(CO)c3[123I])c(I)c2)cc1.C[C@H](CCl)COc1ccc(C(C)(C)c2ccc(OC[C@H](O)Cn3nnc(CO)c3[123I])c(I)c2)cc1. The normalized spacial score (nSPS) is 13.5. The van der Waals surface area contributed by atoms with E-state index in [-0.39, 0.29) is 101 Å². The summed E-state index contributed by atoms with van der Waals surface area (Å²) in [4.78, 5) is 0. The molecule has 4 aromatic heterocycles. The second-order valence-corrected chi connectivity index (χ2v) is 46.0. The van der Waals surface area contributed by atoms with Crippen molar-refractivity contribution in [2.45, 2.75) is 182 Å². The van der Waals surface area contributed by atoms with Crippen LogP contribution in [0, 0.1) is 52.8 Å². The quantitative estimate of drug-likeness (QED) is 0.0130. The number of nitrogens with zero attached hydrogens (tertiary/aromatic N) is 12. The fourth-order valence-electron chi connectivity index (χ4n) is 13.7. The summed E-state index contributed by atoms with van der Waals surface area (Å²) in [6.07, 6.45) is -3.07. The van der Waals surface area contributed by atoms with Crippen LogP contribution >= 0.6 is 227 Å². The topological polar surface area (TPSA) is 359 Å². The van der Waals surface area contributed by atoms with Gasteiger partial charge in [0.2, 0.25) is 0 Å². The number of hydrogen-bond donors (Lipinski definition) is 8. The molecule has 760 valence electrons. The summed E-state index contributed by atoms with van der Waals surface area (Å²) < 4.78 is 59.8. The smallest absolute Gasteiger partial charge is 0.132 e. The fraction of sp³-hybridized carbons (Fsp3) is 0.440. The van der Waals surface area contributed by atoms with Crippen LogP contribution in [0.3, 0.4) is 0 Å². The van der Waals surface area contributed by atoms with Crippen LogP contribution in [0.1, 0.15) is 150 Å². The Hall–Kier alpha value is -4.60. The third-order valence-electron chi connectivity index (χ3n) is 22.9. The van der Waals surface area contributed by atoms with Crippen LogP contribution in [0.2, 0.25) is 0 Å². The molecule has 8 N–H and O–H groups in total. The number of aromatic nitrogens is 12. The van der Waals surface area contributed by atoms with Crippen LogP contribution in [-0.2, 0) is 74.3 Å². The van der Waals surface area contributed by atoms with Crippen LogP contribution in [0.5, 0.6) is 46.0 Å². The van der Waals surface area contributed by atoms with Crippen molar-refractivity contribution in [2.75, 3.05) is 76.4 Å². The van der Waals surface area contributed by atoms with Crippen molar-refractivity contribution in [3.8, 4) is 46.0 Å². The van der Waals surface area contributed by atoms with Gasteiger partial charge in [0.15, 0.2) is 0 Å². The van der Waals surface area contributed by atoms with Crippen LogP contribution in [0.15, 0.2) is 170 Å². The van der Waals surface area contributed by atoms with Crippen molar-refractivity contribution < 1.29 is 78.7 Å². The lowest BCUT2D eigenvalue weighted by Gasteiger charge is -2.27. The molecule has 12 aromatic rings. The zero-order chi connectivity index (χ0) is 102. The Balaban J connectivity index is 0.000000209. The molecule has 0 amide bonds. The molecule has 0 radical (unpaired) electrons. The van der Waals surface area contributed by atoms with E-state index in [4.69, 9.17) is 84.3 Å². The molecule has 0 aliphatic rings. The van der Waals surface area contributed by atoms with Gasteiger partial charge in [0.25, 0.3) is 0 Å². The van der Waals surface area contributed by atoms with Crippen molar-refractivity contribution in [1.29, 1.82) is 0 Å². The van der Waals surface area contributed by atoms with Gasteiger partial charge in [0.05, 0.1) is 93.3 Å². The van der Waals surface area contributed by atoms with Crippen LogP contribution < -0.4 is 37.9 Å². The minimum absolute atomic E-state index is 0.118. The first kappa shape index (κ1) is 119. The molecule has 0 bridgehead atoms. The van der Waals surface area contributed by atoms with Gasteiger partial charge in [-0.3, -0.25) is 0 Å². The molecule has 8 atom stereocenters. The van der Waals surface area contributed by atoms with Crippen LogP contribution in [0.25, 0.3) is 0 Å². The maximum Gasteiger partial charge on any atom is 0.132 e. The lowest BCUT2D eigenvalue weighted by Crippen LogP contribution is -2.25. The van der Waals surface area contributed by atoms with Gasteiger partial charge >= 0.3 is 0 Å². The summed E-state index contributed by atoms with van der Waals surface area (Å²) in [5.41, 5.74) is 10.5. The molecular weight excluding hydrogens is 2770 g/mol. The number of hydrogen-bond acceptors (Lipinski definition) is 24. The highest BCUT2D eigenvalue weighted by Gasteiger charge is 2.31. The van der Waals surface area contributed by atoms with Crippen molar-refractivity contribution in [2.24, 2.45) is 23.7 Å². The molecule has 28 nitrogen and oxygen atoms in total. The van der Waals surface area contributed by atoms with E-state index in [9.17, 15) is 40.9 Å². The highest BCUT2D eigenvalue weighted by atomic mass is 127. The zero-order valence-corrected chi connectivity index (χ0v) is 100.0. The Morgan fingerprint density at radius 2 is 0.450 bits per heavy atom. The van der Waals surface area contributed by atoms with E-state index in [1.807, 2.05) is 72.8 Å². The Kier molecular flexibility index (Phi) is 49.1. The minimum Gasteiger partial charge on any atom is -0.493 e. The van der Waals surface area contributed by atoms with Gasteiger partial charge in [-0.1, -0.05) is 177 Å². The zero-order valence-electron chi connectivity index (χ0n) is 79.7. The monoisotopic (exact) mass is 2880 g/mol. The van der Waals surface area contributed by atoms with E-state index in [2.05, 4.69) is 402 Å². The molecule has 0 unspecified atom stereocenters. The van der Waals surface area contributed by atoms with Gasteiger partial charge < -0.3 is 78.7 Å². The number of benzene rings is 8. The van der Waals surface area contributed by atoms with Gasteiger partial charge in [-0.05, 0) is 322 Å². The Morgan fingerprint density at radius 3 is 0.600 bits per heavy atom. The first-order valence-corrected chi connectivity index (χ1v) is 55.7. The summed E-state index contributed by atoms with van der Waals surface area (Å²) in [5.74, 6) is 9.76. The van der Waals surface area contributed by atoms with E-state index in [1.54, 1.807) is 18.7 Å². The summed E-state index contributed by atoms with van der Waals surface area (Å²) in [7, 11) is 0. The molecule has 4 heterocycles. The maximum atomic E-state index is 10.4. The van der Waals surface area contributed by atoms with Gasteiger partial charge in [-0.25, -0.2) is 18.7 Å². The third-order valence-corrected chi connectivity index (χ3v) is 33.1. The van der Waals surface area contributed by atoms with E-state index < -0.39 is 24.4 Å². The molecule has 0 fully saturated rings. The molecule has 0 saturated heterocycles.